The van der Waals surface area contributed by atoms with E-state index >= 15 is 0 Å². The SMILES string of the molecule is CC(C)N(C(C)C)P(OCCC#N)N(C(C)C)C(C)C.CC(C)[NH2+]C(C)C.CCCCCCCCCCCCCCCCOCCCO.CCCCCCCCCCCCCCCCOCCCOP(OCCC#N)N(C(C)C)C(C)C.c1nn[nH]n1. The number of nitrogens with zero attached hydrogens (tertiary/aromatic N) is 8. The van der Waals surface area contributed by atoms with E-state index in [2.05, 4.69) is 177 Å². The van der Waals surface area contributed by atoms with E-state index in [4.69, 9.17) is 38.7 Å². The Balaban J connectivity index is -0.000000558. The summed E-state index contributed by atoms with van der Waals surface area (Å²) in [5, 5.41) is 40.6. The summed E-state index contributed by atoms with van der Waals surface area (Å²) in [6, 6.07) is 8.16. The second kappa shape index (κ2) is 71.9. The van der Waals surface area contributed by atoms with Crippen molar-refractivity contribution in [1.29, 1.82) is 10.5 Å². The van der Waals surface area contributed by atoms with Gasteiger partial charge in [-0.2, -0.15) is 15.7 Å². The lowest BCUT2D eigenvalue weighted by atomic mass is 10.0. The number of aromatic amines is 1. The van der Waals surface area contributed by atoms with Gasteiger partial charge in [0.05, 0.1) is 56.9 Å². The van der Waals surface area contributed by atoms with Gasteiger partial charge in [0, 0.05) is 69.3 Å². The summed E-state index contributed by atoms with van der Waals surface area (Å²) in [6.45, 7) is 44.7. The fourth-order valence-electron chi connectivity index (χ4n) is 10.1. The summed E-state index contributed by atoms with van der Waals surface area (Å²) in [6.07, 6.45) is 42.8. The Labute approximate surface area is 542 Å². The van der Waals surface area contributed by atoms with Gasteiger partial charge in [0.15, 0.2) is 14.8 Å². The smallest absolute Gasteiger partial charge is 0.259 e. The van der Waals surface area contributed by atoms with Crippen molar-refractivity contribution in [2.45, 2.75) is 378 Å². The summed E-state index contributed by atoms with van der Waals surface area (Å²) in [4.78, 5) is 0. The zero-order valence-electron chi connectivity index (χ0n) is 60.5. The first-order valence-electron chi connectivity index (χ1n) is 35.7. The van der Waals surface area contributed by atoms with Crippen LogP contribution >= 0.6 is 17.0 Å². The predicted molar refractivity (Wildman–Crippen MR) is 373 cm³/mol. The largest absolute Gasteiger partial charge is 0.396 e. The van der Waals surface area contributed by atoms with Crippen LogP contribution in [0, 0.1) is 22.7 Å². The van der Waals surface area contributed by atoms with Gasteiger partial charge in [-0.3, -0.25) is 0 Å². The van der Waals surface area contributed by atoms with Crippen LogP contribution in [0.2, 0.25) is 0 Å². The van der Waals surface area contributed by atoms with Crippen molar-refractivity contribution in [3.05, 3.63) is 6.33 Å². The van der Waals surface area contributed by atoms with Gasteiger partial charge in [0.2, 0.25) is 0 Å². The van der Waals surface area contributed by atoms with Crippen LogP contribution in [0.1, 0.15) is 330 Å². The molecule has 0 spiro atoms. The maximum atomic E-state index is 8.79. The number of unbranched alkanes of at least 4 members (excludes halogenated alkanes) is 26. The Kier molecular flexibility index (Phi) is 76.0. The van der Waals surface area contributed by atoms with Gasteiger partial charge in [-0.25, -0.2) is 14.0 Å². The van der Waals surface area contributed by atoms with E-state index < -0.39 is 17.0 Å². The van der Waals surface area contributed by atoms with Crippen LogP contribution in [-0.2, 0) is 23.0 Å². The van der Waals surface area contributed by atoms with Crippen molar-refractivity contribution >= 4 is 17.0 Å². The minimum Gasteiger partial charge on any atom is -0.396 e. The fourth-order valence-corrected chi connectivity index (χ4v) is 14.1. The molecule has 0 aliphatic rings. The van der Waals surface area contributed by atoms with E-state index in [1.165, 1.54) is 180 Å². The highest BCUT2D eigenvalue weighted by molar-refractivity contribution is 7.47. The minimum atomic E-state index is -1.13. The molecule has 1 unspecified atom stereocenters. The van der Waals surface area contributed by atoms with Crippen molar-refractivity contribution < 1.29 is 33.5 Å². The van der Waals surface area contributed by atoms with E-state index in [-0.39, 0.29) is 6.61 Å². The Morgan fingerprint density at radius 3 is 0.989 bits per heavy atom. The molecule has 0 amide bonds. The maximum Gasteiger partial charge on any atom is 0.259 e. The number of aliphatic hydroxyl groups excluding tert-OH is 1. The third kappa shape index (κ3) is 67.2. The summed E-state index contributed by atoms with van der Waals surface area (Å²) in [7, 11) is -1.97. The fraction of sp³-hybridized carbons (Fsp3) is 0.957. The van der Waals surface area contributed by atoms with Gasteiger partial charge in [-0.15, -0.1) is 10.2 Å². The summed E-state index contributed by atoms with van der Waals surface area (Å²) in [5.41, 5.74) is 0. The second-order valence-corrected chi connectivity index (χ2v) is 28.7. The molecule has 0 aromatic carbocycles. The minimum absolute atomic E-state index is 0.249. The van der Waals surface area contributed by atoms with Gasteiger partial charge in [-0.1, -0.05) is 186 Å². The number of tetrazole rings is 1. The Morgan fingerprint density at radius 2 is 0.724 bits per heavy atom. The predicted octanol–water partition coefficient (Wildman–Crippen LogP) is 19.0. The number of quaternary nitrogens is 1. The zero-order chi connectivity index (χ0) is 66.0. The molecule has 0 saturated carbocycles. The number of nitriles is 2. The number of hydrogen-bond donors (Lipinski definition) is 3. The van der Waals surface area contributed by atoms with Crippen molar-refractivity contribution in [3.63, 3.8) is 0 Å². The first kappa shape index (κ1) is 91.9. The molecule has 0 bridgehead atoms. The van der Waals surface area contributed by atoms with Crippen LogP contribution in [0.5, 0.6) is 0 Å². The summed E-state index contributed by atoms with van der Waals surface area (Å²) in [5.74, 6) is 0. The Morgan fingerprint density at radius 1 is 0.414 bits per heavy atom. The number of H-pyrrole nitrogens is 1. The van der Waals surface area contributed by atoms with Crippen molar-refractivity contribution in [1.82, 2.24) is 34.6 Å². The second-order valence-electron chi connectivity index (χ2n) is 25.6. The van der Waals surface area contributed by atoms with E-state index in [1.54, 1.807) is 0 Å². The third-order valence-electron chi connectivity index (χ3n) is 14.0. The highest BCUT2D eigenvalue weighted by Crippen LogP contribution is 2.51. The number of nitrogens with two attached hydrogens (primary N) is 1. The monoisotopic (exact) mass is 1270 g/mol. The molecule has 1 aromatic heterocycles. The van der Waals surface area contributed by atoms with Crippen LogP contribution < -0.4 is 5.32 Å². The normalized spacial score (nSPS) is 11.9. The molecule has 18 heteroatoms. The molecule has 0 radical (unpaired) electrons. The number of rotatable bonds is 55. The van der Waals surface area contributed by atoms with Crippen molar-refractivity contribution in [2.24, 2.45) is 0 Å². The van der Waals surface area contributed by atoms with Crippen LogP contribution in [0.4, 0.5) is 0 Å². The van der Waals surface area contributed by atoms with Crippen LogP contribution in [0.3, 0.4) is 0 Å². The van der Waals surface area contributed by atoms with Crippen molar-refractivity contribution in [2.75, 3.05) is 52.9 Å². The average Bonchev–Trinajstić information content (AvgIpc) is 2.97. The van der Waals surface area contributed by atoms with E-state index in [1.807, 2.05) is 0 Å². The van der Waals surface area contributed by atoms with E-state index in [9.17, 15) is 0 Å². The molecule has 87 heavy (non-hydrogen) atoms. The number of ether oxygens (including phenoxy) is 2. The lowest BCUT2D eigenvalue weighted by molar-refractivity contribution is -0.709. The average molecular weight is 1270 g/mol. The Hall–Kier alpha value is -1.49. The molecule has 1 atom stereocenters. The molecule has 1 aromatic rings. The third-order valence-corrected chi connectivity index (χ3v) is 19.2. The molecule has 1 rings (SSSR count). The highest BCUT2D eigenvalue weighted by Gasteiger charge is 2.34. The molecular formula is C69H147N10O6P2+. The molecular weight excluding hydrogens is 1130 g/mol. The van der Waals surface area contributed by atoms with E-state index in [0.29, 0.717) is 68.9 Å². The van der Waals surface area contributed by atoms with Crippen LogP contribution in [0.15, 0.2) is 6.33 Å². The lowest BCUT2D eigenvalue weighted by Crippen LogP contribution is -2.92. The van der Waals surface area contributed by atoms with E-state index in [0.717, 1.165) is 57.8 Å². The molecule has 4 N–H and O–H groups in total. The number of hydrogen-bond acceptors (Lipinski definition) is 14. The first-order chi connectivity index (χ1) is 41.8. The quantitative estimate of drug-likeness (QED) is 0.0412. The molecule has 0 fully saturated rings. The standard InChI is InChI=1S/C28H57N2O3P.C19H40O2.C15H32N3OP.C6H15N.CH2N4/c1-6-7-8-9-10-11-12-13-14-15-16-17-18-19-23-31-24-21-26-33-34(32-25-20-22-29)30(27(2)3)28(4)5;1-2-3-4-5-6-7-8-9-10-11-12-13-14-15-18-21-19-16-17-20;1-12(2)17(13(3)4)20(19-11-9-10-16)18(14(5)6)15(7)8;1-5(2)7-6(3)4;1-2-4-5-3-1/h27-28H,6-21,23-26H2,1-5H3;20H,2-19H2,1H3;12-15H,9,11H2,1-8H3;5-7H,1-4H3;1H,(H,2,3,4,5)/p+1. The Bertz CT molecular complexity index is 1440. The van der Waals surface area contributed by atoms with Crippen LogP contribution in [0.25, 0.3) is 0 Å². The van der Waals surface area contributed by atoms with Gasteiger partial charge < -0.3 is 33.5 Å². The molecule has 518 valence electrons. The topological polar surface area (TPSA) is 195 Å². The summed E-state index contributed by atoms with van der Waals surface area (Å²) >= 11 is 0. The molecule has 1 heterocycles. The van der Waals surface area contributed by atoms with Gasteiger partial charge in [-0.05, 0) is 136 Å². The number of nitrogens with one attached hydrogen (secondary N) is 1. The van der Waals surface area contributed by atoms with Crippen LogP contribution in [-0.4, -0.2) is 141 Å². The van der Waals surface area contributed by atoms with Gasteiger partial charge in [0.25, 0.3) is 8.53 Å². The molecule has 0 aliphatic heterocycles. The van der Waals surface area contributed by atoms with Crippen molar-refractivity contribution in [3.8, 4) is 12.1 Å². The number of aromatic nitrogens is 4. The maximum absolute atomic E-state index is 8.79. The lowest BCUT2D eigenvalue weighted by Gasteiger charge is -2.45. The van der Waals surface area contributed by atoms with Gasteiger partial charge >= 0.3 is 0 Å². The zero-order valence-corrected chi connectivity index (χ0v) is 62.3. The molecule has 16 nitrogen and oxygen atoms in total. The highest BCUT2D eigenvalue weighted by atomic mass is 31.2. The van der Waals surface area contributed by atoms with Gasteiger partial charge in [0.1, 0.15) is 0 Å². The molecule has 0 aliphatic carbocycles. The molecule has 0 saturated heterocycles. The summed E-state index contributed by atoms with van der Waals surface area (Å²) < 4.78 is 36.5. The number of aliphatic hydroxyl groups is 1. The first-order valence-corrected chi connectivity index (χ1v) is 38.0.